The van der Waals surface area contributed by atoms with E-state index in [4.69, 9.17) is 5.73 Å². The van der Waals surface area contributed by atoms with Crippen LogP contribution in [0.25, 0.3) is 0 Å². The Morgan fingerprint density at radius 3 is 3.24 bits per heavy atom. The van der Waals surface area contributed by atoms with Gasteiger partial charge in [0.15, 0.2) is 0 Å². The number of amides is 1. The molecule has 0 radical (unpaired) electrons. The van der Waals surface area contributed by atoms with Crippen LogP contribution in [0.3, 0.4) is 0 Å². The molecule has 6 heteroatoms. The zero-order valence-electron chi connectivity index (χ0n) is 9.89. The van der Waals surface area contributed by atoms with Gasteiger partial charge in [-0.1, -0.05) is 0 Å². The van der Waals surface area contributed by atoms with Gasteiger partial charge in [-0.2, -0.15) is 11.8 Å². The van der Waals surface area contributed by atoms with Crippen molar-refractivity contribution in [3.63, 3.8) is 0 Å². The van der Waals surface area contributed by atoms with Crippen molar-refractivity contribution in [3.8, 4) is 0 Å². The van der Waals surface area contributed by atoms with Crippen LogP contribution in [0.5, 0.6) is 0 Å². The number of hydrogen-bond donors (Lipinski definition) is 1. The first-order valence-electron chi connectivity index (χ1n) is 5.75. The van der Waals surface area contributed by atoms with Crippen molar-refractivity contribution in [2.75, 3.05) is 24.6 Å². The first kappa shape index (κ1) is 12.9. The van der Waals surface area contributed by atoms with Crippen LogP contribution < -0.4 is 5.73 Å². The number of rotatable bonds is 3. The van der Waals surface area contributed by atoms with Gasteiger partial charge in [0.05, 0.1) is 5.01 Å². The van der Waals surface area contributed by atoms with Crippen LogP contribution in [-0.4, -0.2) is 46.4 Å². The molecular weight excluding hydrogens is 254 g/mol. The van der Waals surface area contributed by atoms with Gasteiger partial charge in [-0.15, -0.1) is 11.3 Å². The molecule has 1 fully saturated rings. The molecule has 2 heterocycles. The van der Waals surface area contributed by atoms with Crippen molar-refractivity contribution in [1.29, 1.82) is 0 Å². The molecule has 1 aromatic heterocycles. The molecule has 0 aromatic carbocycles. The number of nitrogens with two attached hydrogens (primary N) is 1. The summed E-state index contributed by atoms with van der Waals surface area (Å²) in [5.74, 6) is 2.11. The van der Waals surface area contributed by atoms with E-state index in [9.17, 15) is 4.79 Å². The third-order valence-electron chi connectivity index (χ3n) is 2.76. The van der Waals surface area contributed by atoms with Crippen molar-refractivity contribution in [3.05, 3.63) is 16.1 Å². The summed E-state index contributed by atoms with van der Waals surface area (Å²) in [5, 5.41) is 2.80. The van der Waals surface area contributed by atoms with Crippen LogP contribution in [0.1, 0.15) is 22.4 Å². The Morgan fingerprint density at radius 1 is 1.71 bits per heavy atom. The smallest absolute Gasteiger partial charge is 0.273 e. The first-order chi connectivity index (χ1) is 8.22. The summed E-state index contributed by atoms with van der Waals surface area (Å²) in [6.07, 6.45) is 0.753. The molecule has 1 unspecified atom stereocenters. The highest BCUT2D eigenvalue weighted by atomic mass is 32.2. The number of hydrogen-bond acceptors (Lipinski definition) is 5. The Labute approximate surface area is 110 Å². The normalized spacial score (nSPS) is 20.6. The Bertz CT molecular complexity index is 394. The number of carbonyl (C=O) groups is 1. The third-order valence-corrected chi connectivity index (χ3v) is 4.86. The van der Waals surface area contributed by atoms with Crippen LogP contribution in [-0.2, 0) is 6.42 Å². The van der Waals surface area contributed by atoms with Gasteiger partial charge in [0, 0.05) is 35.9 Å². The summed E-state index contributed by atoms with van der Waals surface area (Å²) < 4.78 is 0. The second-order valence-electron chi connectivity index (χ2n) is 4.09. The van der Waals surface area contributed by atoms with Crippen LogP contribution in [0.2, 0.25) is 0 Å². The van der Waals surface area contributed by atoms with Crippen LogP contribution in [0.4, 0.5) is 0 Å². The van der Waals surface area contributed by atoms with Gasteiger partial charge in [0.1, 0.15) is 5.69 Å². The number of aromatic nitrogens is 1. The topological polar surface area (TPSA) is 59.2 Å². The highest BCUT2D eigenvalue weighted by molar-refractivity contribution is 7.99. The molecule has 0 saturated carbocycles. The van der Waals surface area contributed by atoms with E-state index in [0.717, 1.165) is 29.5 Å². The summed E-state index contributed by atoms with van der Waals surface area (Å²) in [6, 6.07) is 0.306. The highest BCUT2D eigenvalue weighted by Gasteiger charge is 2.25. The van der Waals surface area contributed by atoms with Gasteiger partial charge in [0.2, 0.25) is 0 Å². The zero-order chi connectivity index (χ0) is 12.3. The van der Waals surface area contributed by atoms with Gasteiger partial charge in [-0.3, -0.25) is 4.79 Å². The molecule has 1 atom stereocenters. The maximum absolute atomic E-state index is 12.3. The second kappa shape index (κ2) is 5.84. The molecular formula is C11H17N3OS2. The molecule has 0 spiro atoms. The third kappa shape index (κ3) is 3.00. The fourth-order valence-electron chi connectivity index (χ4n) is 1.82. The van der Waals surface area contributed by atoms with Crippen molar-refractivity contribution < 1.29 is 4.79 Å². The van der Waals surface area contributed by atoms with E-state index in [2.05, 4.69) is 11.9 Å². The molecule has 2 N–H and O–H groups in total. The Kier molecular flexibility index (Phi) is 4.42. The molecule has 2 rings (SSSR count). The number of carbonyl (C=O) groups excluding carboxylic acids is 1. The molecule has 1 saturated heterocycles. The highest BCUT2D eigenvalue weighted by Crippen LogP contribution is 2.19. The minimum atomic E-state index is 0.0670. The number of thioether (sulfide) groups is 1. The van der Waals surface area contributed by atoms with Crippen LogP contribution in [0, 0.1) is 0 Å². The van der Waals surface area contributed by atoms with E-state index in [0.29, 0.717) is 18.3 Å². The molecule has 0 aliphatic carbocycles. The van der Waals surface area contributed by atoms with Gasteiger partial charge in [0.25, 0.3) is 5.91 Å². The minimum Gasteiger partial charge on any atom is -0.333 e. The zero-order valence-corrected chi connectivity index (χ0v) is 11.5. The van der Waals surface area contributed by atoms with E-state index >= 15 is 0 Å². The second-order valence-corrected chi connectivity index (χ2v) is 6.18. The average Bonchev–Trinajstić information content (AvgIpc) is 2.78. The molecule has 1 aliphatic heterocycles. The quantitative estimate of drug-likeness (QED) is 0.898. The molecule has 1 aromatic rings. The lowest BCUT2D eigenvalue weighted by Crippen LogP contribution is -2.44. The monoisotopic (exact) mass is 271 g/mol. The Hall–Kier alpha value is -0.590. The lowest BCUT2D eigenvalue weighted by Gasteiger charge is -2.32. The molecule has 4 nitrogen and oxygen atoms in total. The lowest BCUT2D eigenvalue weighted by molar-refractivity contribution is 0.0710. The molecule has 0 bridgehead atoms. The van der Waals surface area contributed by atoms with Gasteiger partial charge < -0.3 is 10.6 Å². The lowest BCUT2D eigenvalue weighted by atomic mass is 10.2. The van der Waals surface area contributed by atoms with Crippen molar-refractivity contribution in [1.82, 2.24) is 9.88 Å². The fraction of sp³-hybridized carbons (Fsp3) is 0.636. The first-order valence-corrected chi connectivity index (χ1v) is 7.79. The molecule has 1 aliphatic rings. The van der Waals surface area contributed by atoms with Crippen molar-refractivity contribution >= 4 is 29.0 Å². The van der Waals surface area contributed by atoms with Crippen molar-refractivity contribution in [2.45, 2.75) is 19.4 Å². The van der Waals surface area contributed by atoms with E-state index in [1.54, 1.807) is 0 Å². The molecule has 17 heavy (non-hydrogen) atoms. The number of thiazole rings is 1. The predicted octanol–water partition coefficient (Wildman–Crippen LogP) is 1.22. The SMILES string of the molecule is CC1CSCCN1C(=O)c1csc(CCN)n1. The maximum atomic E-state index is 12.3. The van der Waals surface area contributed by atoms with Crippen molar-refractivity contribution in [2.24, 2.45) is 5.73 Å². The summed E-state index contributed by atoms with van der Waals surface area (Å²) >= 11 is 3.43. The summed E-state index contributed by atoms with van der Waals surface area (Å²) in [5.41, 5.74) is 6.06. The van der Waals surface area contributed by atoms with Gasteiger partial charge in [-0.25, -0.2) is 4.98 Å². The fourth-order valence-corrected chi connectivity index (χ4v) is 3.62. The summed E-state index contributed by atoms with van der Waals surface area (Å²) in [4.78, 5) is 18.5. The van der Waals surface area contributed by atoms with Gasteiger partial charge >= 0.3 is 0 Å². The maximum Gasteiger partial charge on any atom is 0.273 e. The minimum absolute atomic E-state index is 0.0670. The van der Waals surface area contributed by atoms with Crippen LogP contribution >= 0.6 is 23.1 Å². The summed E-state index contributed by atoms with van der Waals surface area (Å²) in [7, 11) is 0. The van der Waals surface area contributed by atoms with E-state index in [-0.39, 0.29) is 5.91 Å². The average molecular weight is 271 g/mol. The molecule has 94 valence electrons. The Balaban J connectivity index is 2.07. The standard InChI is InChI=1S/C11H17N3OS2/c1-8-6-16-5-4-14(8)11(15)9-7-17-10(13-9)2-3-12/h7-8H,2-6,12H2,1H3. The van der Waals surface area contributed by atoms with E-state index < -0.39 is 0 Å². The Morgan fingerprint density at radius 2 is 2.53 bits per heavy atom. The van der Waals surface area contributed by atoms with E-state index in [1.807, 2.05) is 22.0 Å². The largest absolute Gasteiger partial charge is 0.333 e. The summed E-state index contributed by atoms with van der Waals surface area (Å²) in [6.45, 7) is 3.50. The van der Waals surface area contributed by atoms with Gasteiger partial charge in [-0.05, 0) is 13.5 Å². The number of nitrogens with zero attached hydrogens (tertiary/aromatic N) is 2. The predicted molar refractivity (Wildman–Crippen MR) is 72.7 cm³/mol. The van der Waals surface area contributed by atoms with Crippen LogP contribution in [0.15, 0.2) is 5.38 Å². The van der Waals surface area contributed by atoms with E-state index in [1.165, 1.54) is 11.3 Å². The molecule has 1 amide bonds.